The average Bonchev–Trinajstić information content (AvgIpc) is 2.63. The van der Waals surface area contributed by atoms with Gasteiger partial charge in [0.2, 0.25) is 0 Å². The maximum atomic E-state index is 5.79. The predicted molar refractivity (Wildman–Crippen MR) is 108 cm³/mol. The Hall–Kier alpha value is -2.20. The number of ether oxygens (including phenoxy) is 2. The molecular weight excluding hydrogens is 324 g/mol. The molecule has 0 radical (unpaired) electrons. The van der Waals surface area contributed by atoms with Gasteiger partial charge in [0.05, 0.1) is 19.4 Å². The lowest BCUT2D eigenvalue weighted by molar-refractivity contribution is 0.248. The Bertz CT molecular complexity index is 714. The zero-order chi connectivity index (χ0) is 18.5. The Morgan fingerprint density at radius 2 is 1.62 bits per heavy atom. The van der Waals surface area contributed by atoms with Crippen LogP contribution in [0.1, 0.15) is 23.6 Å². The van der Waals surface area contributed by atoms with Crippen LogP contribution in [0.5, 0.6) is 11.5 Å². The zero-order valence-electron chi connectivity index (χ0n) is 16.4. The summed E-state index contributed by atoms with van der Waals surface area (Å²) >= 11 is 0. The molecule has 0 spiro atoms. The number of rotatable bonds is 6. The van der Waals surface area contributed by atoms with Gasteiger partial charge < -0.3 is 14.4 Å². The van der Waals surface area contributed by atoms with E-state index in [1.807, 2.05) is 13.0 Å². The van der Waals surface area contributed by atoms with Crippen LogP contribution in [0.15, 0.2) is 36.4 Å². The van der Waals surface area contributed by atoms with Crippen molar-refractivity contribution in [3.63, 3.8) is 0 Å². The van der Waals surface area contributed by atoms with E-state index in [0.29, 0.717) is 6.61 Å². The van der Waals surface area contributed by atoms with Gasteiger partial charge in [0, 0.05) is 32.7 Å². The van der Waals surface area contributed by atoms with Crippen LogP contribution in [-0.2, 0) is 6.54 Å². The molecule has 3 rings (SSSR count). The third-order valence-electron chi connectivity index (χ3n) is 5.01. The lowest BCUT2D eigenvalue weighted by Gasteiger charge is -2.36. The van der Waals surface area contributed by atoms with Crippen molar-refractivity contribution < 1.29 is 9.47 Å². The van der Waals surface area contributed by atoms with Gasteiger partial charge in [0.1, 0.15) is 11.5 Å². The second kappa shape index (κ2) is 8.45. The molecule has 26 heavy (non-hydrogen) atoms. The smallest absolute Gasteiger partial charge is 0.142 e. The fourth-order valence-electron chi connectivity index (χ4n) is 3.85. The number of hydrogen-bond acceptors (Lipinski definition) is 4. The van der Waals surface area contributed by atoms with E-state index in [1.165, 1.54) is 22.4 Å². The van der Waals surface area contributed by atoms with Crippen molar-refractivity contribution in [1.82, 2.24) is 4.90 Å². The third kappa shape index (κ3) is 4.13. The monoisotopic (exact) mass is 354 g/mol. The number of para-hydroxylation sites is 2. The maximum absolute atomic E-state index is 5.79. The van der Waals surface area contributed by atoms with Gasteiger partial charge in [-0.15, -0.1) is 0 Å². The van der Waals surface area contributed by atoms with Gasteiger partial charge in [0.15, 0.2) is 0 Å². The molecule has 0 atom stereocenters. The van der Waals surface area contributed by atoms with Crippen molar-refractivity contribution in [2.24, 2.45) is 0 Å². The molecule has 0 aromatic heterocycles. The summed E-state index contributed by atoms with van der Waals surface area (Å²) in [5.74, 6) is 2.00. The van der Waals surface area contributed by atoms with Gasteiger partial charge in [-0.05, 0) is 49.6 Å². The molecule has 0 unspecified atom stereocenters. The molecule has 1 fully saturated rings. The van der Waals surface area contributed by atoms with Crippen molar-refractivity contribution in [3.05, 3.63) is 53.1 Å². The summed E-state index contributed by atoms with van der Waals surface area (Å²) < 4.78 is 11.3. The molecule has 2 aromatic rings. The van der Waals surface area contributed by atoms with Crippen LogP contribution in [0.2, 0.25) is 0 Å². The quantitative estimate of drug-likeness (QED) is 0.782. The van der Waals surface area contributed by atoms with E-state index >= 15 is 0 Å². The summed E-state index contributed by atoms with van der Waals surface area (Å²) in [6, 6.07) is 12.9. The van der Waals surface area contributed by atoms with E-state index < -0.39 is 0 Å². The topological polar surface area (TPSA) is 24.9 Å². The molecule has 0 amide bonds. The standard InChI is InChI=1S/C22H30N2O2/c1-5-26-21-9-7-6-8-20(21)24-12-10-23(11-13-24)16-19-14-17(2)22(25-4)18(3)15-19/h6-9,14-15H,5,10-13,16H2,1-4H3. The van der Waals surface area contributed by atoms with Gasteiger partial charge in [-0.3, -0.25) is 4.90 Å². The first-order valence-electron chi connectivity index (χ1n) is 9.45. The first-order chi connectivity index (χ1) is 12.6. The zero-order valence-corrected chi connectivity index (χ0v) is 16.4. The van der Waals surface area contributed by atoms with Gasteiger partial charge in [-0.2, -0.15) is 0 Å². The highest BCUT2D eigenvalue weighted by Crippen LogP contribution is 2.29. The molecule has 1 heterocycles. The Balaban J connectivity index is 1.63. The first kappa shape index (κ1) is 18.6. The normalized spacial score (nSPS) is 15.2. The molecule has 0 saturated carbocycles. The highest BCUT2D eigenvalue weighted by molar-refractivity contribution is 5.58. The van der Waals surface area contributed by atoms with Crippen LogP contribution < -0.4 is 14.4 Å². The first-order valence-corrected chi connectivity index (χ1v) is 9.45. The summed E-state index contributed by atoms with van der Waals surface area (Å²) in [6.45, 7) is 12.1. The Morgan fingerprint density at radius 1 is 0.962 bits per heavy atom. The number of benzene rings is 2. The number of piperazine rings is 1. The van der Waals surface area contributed by atoms with Crippen LogP contribution in [0.3, 0.4) is 0 Å². The molecule has 1 aliphatic heterocycles. The minimum atomic E-state index is 0.702. The largest absolute Gasteiger partial charge is 0.496 e. The van der Waals surface area contributed by atoms with Crippen LogP contribution >= 0.6 is 0 Å². The van der Waals surface area contributed by atoms with Crippen molar-refractivity contribution in [1.29, 1.82) is 0 Å². The van der Waals surface area contributed by atoms with Crippen LogP contribution in [0, 0.1) is 13.8 Å². The second-order valence-corrected chi connectivity index (χ2v) is 6.93. The average molecular weight is 354 g/mol. The maximum Gasteiger partial charge on any atom is 0.142 e. The minimum Gasteiger partial charge on any atom is -0.496 e. The van der Waals surface area contributed by atoms with E-state index in [0.717, 1.165) is 44.2 Å². The Kier molecular flexibility index (Phi) is 6.04. The number of hydrogen-bond donors (Lipinski definition) is 0. The Labute approximate surface area is 157 Å². The molecular formula is C22H30N2O2. The van der Waals surface area contributed by atoms with E-state index in [2.05, 4.69) is 54.0 Å². The molecule has 4 nitrogen and oxygen atoms in total. The molecule has 2 aromatic carbocycles. The van der Waals surface area contributed by atoms with Crippen molar-refractivity contribution in [2.75, 3.05) is 44.8 Å². The summed E-state index contributed by atoms with van der Waals surface area (Å²) in [5, 5.41) is 0. The minimum absolute atomic E-state index is 0.702. The fraction of sp³-hybridized carbons (Fsp3) is 0.455. The summed E-state index contributed by atoms with van der Waals surface area (Å²) in [4.78, 5) is 4.96. The summed E-state index contributed by atoms with van der Waals surface area (Å²) in [7, 11) is 1.74. The summed E-state index contributed by atoms with van der Waals surface area (Å²) in [5.41, 5.74) is 5.01. The molecule has 0 N–H and O–H groups in total. The molecule has 0 aliphatic carbocycles. The van der Waals surface area contributed by atoms with Crippen molar-refractivity contribution in [3.8, 4) is 11.5 Å². The van der Waals surface area contributed by atoms with E-state index in [1.54, 1.807) is 7.11 Å². The number of aryl methyl sites for hydroxylation is 2. The highest BCUT2D eigenvalue weighted by atomic mass is 16.5. The third-order valence-corrected chi connectivity index (χ3v) is 5.01. The van der Waals surface area contributed by atoms with E-state index in [4.69, 9.17) is 9.47 Å². The molecule has 140 valence electrons. The fourth-order valence-corrected chi connectivity index (χ4v) is 3.85. The molecule has 0 bridgehead atoms. The predicted octanol–water partition coefficient (Wildman–Crippen LogP) is 4.03. The second-order valence-electron chi connectivity index (χ2n) is 6.93. The van der Waals surface area contributed by atoms with Crippen LogP contribution in [-0.4, -0.2) is 44.8 Å². The van der Waals surface area contributed by atoms with Crippen LogP contribution in [0.4, 0.5) is 5.69 Å². The van der Waals surface area contributed by atoms with Gasteiger partial charge in [0.25, 0.3) is 0 Å². The van der Waals surface area contributed by atoms with Crippen LogP contribution in [0.25, 0.3) is 0 Å². The highest BCUT2D eigenvalue weighted by Gasteiger charge is 2.20. The molecule has 4 heteroatoms. The number of nitrogens with zero attached hydrogens (tertiary/aromatic N) is 2. The lowest BCUT2D eigenvalue weighted by atomic mass is 10.0. The van der Waals surface area contributed by atoms with Crippen molar-refractivity contribution >= 4 is 5.69 Å². The molecule has 1 saturated heterocycles. The van der Waals surface area contributed by atoms with Crippen molar-refractivity contribution in [2.45, 2.75) is 27.3 Å². The SMILES string of the molecule is CCOc1ccccc1N1CCN(Cc2cc(C)c(OC)c(C)c2)CC1. The van der Waals surface area contributed by atoms with Gasteiger partial charge in [-0.1, -0.05) is 24.3 Å². The number of methoxy groups -OCH3 is 1. The van der Waals surface area contributed by atoms with Gasteiger partial charge >= 0.3 is 0 Å². The lowest BCUT2D eigenvalue weighted by Crippen LogP contribution is -2.46. The molecule has 1 aliphatic rings. The van der Waals surface area contributed by atoms with Gasteiger partial charge in [-0.25, -0.2) is 0 Å². The van der Waals surface area contributed by atoms with E-state index in [9.17, 15) is 0 Å². The summed E-state index contributed by atoms with van der Waals surface area (Å²) in [6.07, 6.45) is 0. The number of anilines is 1. The Morgan fingerprint density at radius 3 is 2.23 bits per heavy atom. The van der Waals surface area contributed by atoms with E-state index in [-0.39, 0.29) is 0 Å².